The molecule has 2 nitrogen and oxygen atoms in total. The first kappa shape index (κ1) is 15.3. The molecule has 0 radical (unpaired) electrons. The number of benzene rings is 2. The van der Waals surface area contributed by atoms with Crippen LogP contribution in [0, 0.1) is 6.92 Å². The highest BCUT2D eigenvalue weighted by atomic mass is 79.9. The molecule has 2 N–H and O–H groups in total. The summed E-state index contributed by atoms with van der Waals surface area (Å²) in [6, 6.07) is 13.7. The van der Waals surface area contributed by atoms with Crippen LogP contribution in [0.1, 0.15) is 11.1 Å². The third kappa shape index (κ3) is 4.20. The smallest absolute Gasteiger partial charge is 0.171 e. The van der Waals surface area contributed by atoms with E-state index in [0.717, 1.165) is 26.3 Å². The fourth-order valence-corrected chi connectivity index (χ4v) is 2.35. The Hall–Kier alpha value is -1.10. The van der Waals surface area contributed by atoms with Gasteiger partial charge in [-0.05, 0) is 54.5 Å². The first-order valence-electron chi connectivity index (χ1n) is 6.10. The molecule has 0 atom stereocenters. The lowest BCUT2D eigenvalue weighted by Gasteiger charge is -2.12. The third-order valence-corrected chi connectivity index (χ3v) is 4.32. The third-order valence-electron chi connectivity index (χ3n) is 2.81. The van der Waals surface area contributed by atoms with Crippen LogP contribution in [0.4, 0.5) is 5.69 Å². The number of thiocarbonyl (C=S) groups is 1. The van der Waals surface area contributed by atoms with E-state index in [1.807, 2.05) is 49.4 Å². The summed E-state index contributed by atoms with van der Waals surface area (Å²) in [5.41, 5.74) is 3.14. The minimum Gasteiger partial charge on any atom is -0.358 e. The van der Waals surface area contributed by atoms with Crippen LogP contribution in [0.3, 0.4) is 0 Å². The van der Waals surface area contributed by atoms with Gasteiger partial charge in [-0.1, -0.05) is 45.7 Å². The molecule has 0 bridgehead atoms. The van der Waals surface area contributed by atoms with Crippen molar-refractivity contribution in [1.29, 1.82) is 0 Å². The van der Waals surface area contributed by atoms with E-state index in [2.05, 4.69) is 26.6 Å². The summed E-state index contributed by atoms with van der Waals surface area (Å²) < 4.78 is 1.08. The highest BCUT2D eigenvalue weighted by Gasteiger charge is 2.02. The van der Waals surface area contributed by atoms with Crippen molar-refractivity contribution in [2.45, 2.75) is 13.5 Å². The molecule has 0 heterocycles. The molecule has 0 fully saturated rings. The second kappa shape index (κ2) is 7.07. The van der Waals surface area contributed by atoms with Gasteiger partial charge in [-0.25, -0.2) is 0 Å². The minimum atomic E-state index is 0.576. The summed E-state index contributed by atoms with van der Waals surface area (Å²) in [5.74, 6) is 0. The molecule has 20 heavy (non-hydrogen) atoms. The first-order chi connectivity index (χ1) is 9.56. The number of rotatable bonds is 3. The van der Waals surface area contributed by atoms with Gasteiger partial charge in [0.1, 0.15) is 0 Å². The second-order valence-electron chi connectivity index (χ2n) is 4.36. The summed E-state index contributed by atoms with van der Waals surface area (Å²) in [5, 5.41) is 7.62. The zero-order valence-corrected chi connectivity index (χ0v) is 14.1. The summed E-state index contributed by atoms with van der Waals surface area (Å²) in [6.07, 6.45) is 0. The molecule has 0 aromatic heterocycles. The molecule has 2 rings (SSSR count). The molecule has 0 aliphatic carbocycles. The molecule has 0 spiro atoms. The fraction of sp³-hybridized carbons (Fsp3) is 0.133. The predicted molar refractivity (Wildman–Crippen MR) is 93.4 cm³/mol. The second-order valence-corrected chi connectivity index (χ2v) is 6.03. The van der Waals surface area contributed by atoms with Gasteiger partial charge < -0.3 is 10.6 Å². The van der Waals surface area contributed by atoms with Gasteiger partial charge in [0.25, 0.3) is 0 Å². The lowest BCUT2D eigenvalue weighted by Crippen LogP contribution is -2.28. The van der Waals surface area contributed by atoms with Crippen molar-refractivity contribution < 1.29 is 0 Å². The zero-order valence-electron chi connectivity index (χ0n) is 10.9. The summed E-state index contributed by atoms with van der Waals surface area (Å²) in [6.45, 7) is 2.64. The molecule has 0 aliphatic rings. The Morgan fingerprint density at radius 2 is 2.00 bits per heavy atom. The van der Waals surface area contributed by atoms with E-state index in [4.69, 9.17) is 23.8 Å². The number of halogens is 2. The standard InChI is InChI=1S/C15H14BrClN2S/c1-10-8-12(6-7-13(10)16)19-15(20)18-9-11-4-2-3-5-14(11)17/h2-8H,9H2,1H3,(H2,18,19,20). The quantitative estimate of drug-likeness (QED) is 0.753. The molecular weight excluding hydrogens is 356 g/mol. The van der Waals surface area contributed by atoms with Gasteiger partial charge in [-0.15, -0.1) is 0 Å². The predicted octanol–water partition coefficient (Wildman–Crippen LogP) is 4.90. The van der Waals surface area contributed by atoms with Crippen LogP contribution in [0.5, 0.6) is 0 Å². The summed E-state index contributed by atoms with van der Waals surface area (Å²) in [7, 11) is 0. The maximum absolute atomic E-state index is 6.10. The van der Waals surface area contributed by atoms with Gasteiger partial charge in [-0.2, -0.15) is 0 Å². The van der Waals surface area contributed by atoms with Crippen molar-refractivity contribution in [3.05, 3.63) is 63.1 Å². The highest BCUT2D eigenvalue weighted by Crippen LogP contribution is 2.20. The number of nitrogens with one attached hydrogen (secondary N) is 2. The molecule has 2 aromatic carbocycles. The van der Waals surface area contributed by atoms with Gasteiger partial charge in [0, 0.05) is 21.7 Å². The highest BCUT2D eigenvalue weighted by molar-refractivity contribution is 9.10. The lowest BCUT2D eigenvalue weighted by atomic mass is 10.2. The van der Waals surface area contributed by atoms with E-state index in [1.165, 1.54) is 0 Å². The summed E-state index contributed by atoms with van der Waals surface area (Å²) in [4.78, 5) is 0. The van der Waals surface area contributed by atoms with E-state index in [9.17, 15) is 0 Å². The number of hydrogen-bond acceptors (Lipinski definition) is 1. The van der Waals surface area contributed by atoms with Crippen LogP contribution in [0.2, 0.25) is 5.02 Å². The normalized spacial score (nSPS) is 10.2. The largest absolute Gasteiger partial charge is 0.358 e. The molecule has 0 aliphatic heterocycles. The Morgan fingerprint density at radius 1 is 1.25 bits per heavy atom. The molecule has 0 saturated carbocycles. The van der Waals surface area contributed by atoms with Crippen LogP contribution in [-0.4, -0.2) is 5.11 Å². The van der Waals surface area contributed by atoms with Crippen LogP contribution in [-0.2, 0) is 6.54 Å². The van der Waals surface area contributed by atoms with Crippen LogP contribution in [0.15, 0.2) is 46.9 Å². The molecule has 5 heteroatoms. The fourth-order valence-electron chi connectivity index (χ4n) is 1.72. The van der Waals surface area contributed by atoms with Crippen molar-refractivity contribution in [3.63, 3.8) is 0 Å². The Morgan fingerprint density at radius 3 is 2.70 bits per heavy atom. The lowest BCUT2D eigenvalue weighted by molar-refractivity contribution is 0.926. The van der Waals surface area contributed by atoms with Crippen molar-refractivity contribution in [2.24, 2.45) is 0 Å². The Kier molecular flexibility index (Phi) is 5.40. The molecule has 0 unspecified atom stereocenters. The molecule has 104 valence electrons. The van der Waals surface area contributed by atoms with Crippen molar-refractivity contribution in [1.82, 2.24) is 5.32 Å². The first-order valence-corrected chi connectivity index (χ1v) is 7.68. The molecule has 0 amide bonds. The monoisotopic (exact) mass is 368 g/mol. The van der Waals surface area contributed by atoms with Crippen molar-refractivity contribution in [3.8, 4) is 0 Å². The van der Waals surface area contributed by atoms with Crippen molar-refractivity contribution in [2.75, 3.05) is 5.32 Å². The van der Waals surface area contributed by atoms with Gasteiger partial charge in [-0.3, -0.25) is 0 Å². The van der Waals surface area contributed by atoms with E-state index in [1.54, 1.807) is 0 Å². The minimum absolute atomic E-state index is 0.576. The van der Waals surface area contributed by atoms with Crippen LogP contribution < -0.4 is 10.6 Å². The Labute approximate surface area is 137 Å². The number of aryl methyl sites for hydroxylation is 1. The zero-order chi connectivity index (χ0) is 14.5. The van der Waals surface area contributed by atoms with Crippen molar-refractivity contribution >= 4 is 50.5 Å². The van der Waals surface area contributed by atoms with E-state index in [0.29, 0.717) is 11.7 Å². The van der Waals surface area contributed by atoms with Gasteiger partial charge in [0.2, 0.25) is 0 Å². The SMILES string of the molecule is Cc1cc(NC(=S)NCc2ccccc2Cl)ccc1Br. The van der Waals surface area contributed by atoms with E-state index < -0.39 is 0 Å². The maximum Gasteiger partial charge on any atom is 0.171 e. The van der Waals surface area contributed by atoms with Gasteiger partial charge >= 0.3 is 0 Å². The van der Waals surface area contributed by atoms with E-state index >= 15 is 0 Å². The Balaban J connectivity index is 1.93. The van der Waals surface area contributed by atoms with Gasteiger partial charge in [0.15, 0.2) is 5.11 Å². The average Bonchev–Trinajstić information content (AvgIpc) is 2.42. The molecular formula is C15H14BrClN2S. The molecule has 0 saturated heterocycles. The maximum atomic E-state index is 6.10. The van der Waals surface area contributed by atoms with Gasteiger partial charge in [0.05, 0.1) is 0 Å². The Bertz CT molecular complexity index is 631. The topological polar surface area (TPSA) is 24.1 Å². The summed E-state index contributed by atoms with van der Waals surface area (Å²) >= 11 is 14.8. The van der Waals surface area contributed by atoms with Crippen LogP contribution >= 0.6 is 39.7 Å². The molecule has 2 aromatic rings. The van der Waals surface area contributed by atoms with E-state index in [-0.39, 0.29) is 0 Å². The number of hydrogen-bond donors (Lipinski definition) is 2. The average molecular weight is 370 g/mol. The van der Waals surface area contributed by atoms with Crippen LogP contribution in [0.25, 0.3) is 0 Å². The number of anilines is 1.